The van der Waals surface area contributed by atoms with Gasteiger partial charge in [0.05, 0.1) is 0 Å². The van der Waals surface area contributed by atoms with Crippen LogP contribution in [0.2, 0.25) is 0 Å². The van der Waals surface area contributed by atoms with Crippen LogP contribution >= 0.6 is 0 Å². The standard InChI is InChI=1S/C7H6BF5/c1-7(13)5(8)3(10)2(9)4(11)6(7)12/h6H,8H2,1H3. The van der Waals surface area contributed by atoms with Crippen molar-refractivity contribution in [2.24, 2.45) is 0 Å². The van der Waals surface area contributed by atoms with E-state index in [4.69, 9.17) is 0 Å². The molecule has 1 aliphatic carbocycles. The molecular weight excluding hydrogens is 190 g/mol. The first-order valence-corrected chi connectivity index (χ1v) is 3.55. The summed E-state index contributed by atoms with van der Waals surface area (Å²) < 4.78 is 63.7. The lowest BCUT2D eigenvalue weighted by Crippen LogP contribution is -2.38. The molecule has 2 unspecified atom stereocenters. The second kappa shape index (κ2) is 2.85. The summed E-state index contributed by atoms with van der Waals surface area (Å²) in [6, 6.07) is 0. The highest BCUT2D eigenvalue weighted by molar-refractivity contribution is 6.23. The first-order valence-electron chi connectivity index (χ1n) is 3.55. The average molecular weight is 196 g/mol. The average Bonchev–Trinajstić information content (AvgIpc) is 2.09. The molecule has 0 fully saturated rings. The molecule has 0 aromatic heterocycles. The molecule has 0 aromatic carbocycles. The minimum absolute atomic E-state index is 0.665. The summed E-state index contributed by atoms with van der Waals surface area (Å²) in [5.74, 6) is -5.62. The summed E-state index contributed by atoms with van der Waals surface area (Å²) in [5.41, 5.74) is -3.58. The van der Waals surface area contributed by atoms with Crippen LogP contribution in [-0.4, -0.2) is 19.7 Å². The summed E-state index contributed by atoms with van der Waals surface area (Å²) in [6.07, 6.45) is -2.77. The third-order valence-corrected chi connectivity index (χ3v) is 2.16. The number of rotatable bonds is 0. The molecule has 0 amide bonds. The Morgan fingerprint density at radius 1 is 1.23 bits per heavy atom. The molecule has 0 saturated carbocycles. The summed E-state index contributed by atoms with van der Waals surface area (Å²) in [5, 5.41) is 0. The minimum Gasteiger partial charge on any atom is -0.236 e. The van der Waals surface area contributed by atoms with Crippen LogP contribution in [0.15, 0.2) is 23.0 Å². The number of hydrogen-bond donors (Lipinski definition) is 0. The van der Waals surface area contributed by atoms with E-state index in [2.05, 4.69) is 0 Å². The predicted molar refractivity (Wildman–Crippen MR) is 40.3 cm³/mol. The van der Waals surface area contributed by atoms with Gasteiger partial charge in [0.2, 0.25) is 0 Å². The molecule has 0 nitrogen and oxygen atoms in total. The van der Waals surface area contributed by atoms with E-state index in [1.165, 1.54) is 0 Å². The van der Waals surface area contributed by atoms with Crippen molar-refractivity contribution in [3.63, 3.8) is 0 Å². The minimum atomic E-state index is -2.82. The number of hydrogen-bond acceptors (Lipinski definition) is 0. The Balaban J connectivity index is 3.32. The second-order valence-corrected chi connectivity index (χ2v) is 3.04. The van der Waals surface area contributed by atoms with Crippen LogP contribution in [-0.2, 0) is 0 Å². The molecule has 1 rings (SSSR count). The highest BCUT2D eigenvalue weighted by Crippen LogP contribution is 2.41. The molecule has 1 aliphatic rings. The SMILES string of the molecule is BC1=C(F)C(F)=C(F)C(F)C1(C)F. The van der Waals surface area contributed by atoms with Gasteiger partial charge in [0, 0.05) is 0 Å². The van der Waals surface area contributed by atoms with E-state index in [-0.39, 0.29) is 0 Å². The number of allylic oxidation sites excluding steroid dienone is 4. The first-order chi connectivity index (χ1) is 5.80. The van der Waals surface area contributed by atoms with Crippen LogP contribution in [0, 0.1) is 0 Å². The number of alkyl halides is 2. The Morgan fingerprint density at radius 2 is 1.69 bits per heavy atom. The zero-order chi connectivity index (χ0) is 10.4. The van der Waals surface area contributed by atoms with Crippen molar-refractivity contribution in [2.75, 3.05) is 0 Å². The van der Waals surface area contributed by atoms with Crippen molar-refractivity contribution in [2.45, 2.75) is 18.8 Å². The molecular formula is C7H6BF5. The zero-order valence-corrected chi connectivity index (χ0v) is 6.97. The maximum absolute atomic E-state index is 13.2. The van der Waals surface area contributed by atoms with Crippen molar-refractivity contribution in [3.05, 3.63) is 23.0 Å². The lowest BCUT2D eigenvalue weighted by atomic mass is 9.75. The van der Waals surface area contributed by atoms with Gasteiger partial charge in [-0.25, -0.2) is 22.0 Å². The molecule has 0 saturated heterocycles. The third kappa shape index (κ3) is 1.28. The Labute approximate surface area is 72.5 Å². The highest BCUT2D eigenvalue weighted by Gasteiger charge is 2.47. The van der Waals surface area contributed by atoms with E-state index in [1.54, 1.807) is 0 Å². The topological polar surface area (TPSA) is 0 Å². The van der Waals surface area contributed by atoms with Gasteiger partial charge < -0.3 is 0 Å². The van der Waals surface area contributed by atoms with Crippen molar-refractivity contribution < 1.29 is 22.0 Å². The molecule has 0 aliphatic heterocycles. The lowest BCUT2D eigenvalue weighted by molar-refractivity contribution is 0.104. The van der Waals surface area contributed by atoms with Crippen LogP contribution in [0.5, 0.6) is 0 Å². The van der Waals surface area contributed by atoms with Gasteiger partial charge in [-0.15, -0.1) is 0 Å². The van der Waals surface area contributed by atoms with Crippen molar-refractivity contribution >= 4 is 7.85 Å². The Kier molecular flexibility index (Phi) is 2.26. The molecule has 0 spiro atoms. The second-order valence-electron chi connectivity index (χ2n) is 3.04. The summed E-state index contributed by atoms with van der Waals surface area (Å²) >= 11 is 0. The maximum atomic E-state index is 13.2. The van der Waals surface area contributed by atoms with Crippen LogP contribution in [0.3, 0.4) is 0 Å². The van der Waals surface area contributed by atoms with Crippen LogP contribution < -0.4 is 0 Å². The normalized spacial score (nSPS) is 35.7. The zero-order valence-electron chi connectivity index (χ0n) is 6.97. The Hall–Kier alpha value is -0.805. The van der Waals surface area contributed by atoms with Gasteiger partial charge in [0.25, 0.3) is 0 Å². The van der Waals surface area contributed by atoms with Gasteiger partial charge >= 0.3 is 0 Å². The molecule has 0 aromatic rings. The molecule has 0 bridgehead atoms. The number of halogens is 5. The van der Waals surface area contributed by atoms with Crippen molar-refractivity contribution in [1.82, 2.24) is 0 Å². The van der Waals surface area contributed by atoms with Gasteiger partial charge in [-0.2, -0.15) is 0 Å². The molecule has 0 heterocycles. The fourth-order valence-electron chi connectivity index (χ4n) is 1.02. The quantitative estimate of drug-likeness (QED) is 0.410. The Bertz CT molecular complexity index is 304. The lowest BCUT2D eigenvalue weighted by Gasteiger charge is -2.28. The van der Waals surface area contributed by atoms with Crippen LogP contribution in [0.1, 0.15) is 6.92 Å². The fraction of sp³-hybridized carbons (Fsp3) is 0.429. The molecule has 13 heavy (non-hydrogen) atoms. The molecule has 6 heteroatoms. The van der Waals surface area contributed by atoms with E-state index in [9.17, 15) is 22.0 Å². The van der Waals surface area contributed by atoms with Crippen molar-refractivity contribution in [3.8, 4) is 0 Å². The highest BCUT2D eigenvalue weighted by atomic mass is 19.2. The maximum Gasteiger partial charge on any atom is 0.192 e. The predicted octanol–water partition coefficient (Wildman–Crippen LogP) is 2.03. The van der Waals surface area contributed by atoms with Gasteiger partial charge in [-0.1, -0.05) is 0 Å². The smallest absolute Gasteiger partial charge is 0.192 e. The molecule has 0 radical (unpaired) electrons. The molecule has 72 valence electrons. The third-order valence-electron chi connectivity index (χ3n) is 2.16. The van der Waals surface area contributed by atoms with E-state index in [0.29, 0.717) is 6.92 Å². The first kappa shape index (κ1) is 10.3. The van der Waals surface area contributed by atoms with Gasteiger partial charge in [-0.3, -0.25) is 0 Å². The van der Waals surface area contributed by atoms with E-state index in [1.807, 2.05) is 0 Å². The van der Waals surface area contributed by atoms with Crippen molar-refractivity contribution in [1.29, 1.82) is 0 Å². The summed E-state index contributed by atoms with van der Waals surface area (Å²) in [6.45, 7) is 0.665. The van der Waals surface area contributed by atoms with E-state index < -0.39 is 34.8 Å². The van der Waals surface area contributed by atoms with Gasteiger partial charge in [-0.05, 0) is 12.4 Å². The fourth-order valence-corrected chi connectivity index (χ4v) is 1.02. The van der Waals surface area contributed by atoms with E-state index >= 15 is 0 Å². The summed E-state index contributed by atoms with van der Waals surface area (Å²) in [7, 11) is 0.883. The summed E-state index contributed by atoms with van der Waals surface area (Å²) in [4.78, 5) is 0. The van der Waals surface area contributed by atoms with Crippen LogP contribution in [0.4, 0.5) is 22.0 Å². The molecule has 2 atom stereocenters. The van der Waals surface area contributed by atoms with Crippen LogP contribution in [0.25, 0.3) is 0 Å². The van der Waals surface area contributed by atoms with E-state index in [0.717, 1.165) is 7.85 Å². The Morgan fingerprint density at radius 3 is 2.15 bits per heavy atom. The molecule has 0 N–H and O–H groups in total. The van der Waals surface area contributed by atoms with Gasteiger partial charge in [0.15, 0.2) is 29.3 Å². The van der Waals surface area contributed by atoms with Gasteiger partial charge in [0.1, 0.15) is 7.85 Å². The monoisotopic (exact) mass is 196 g/mol. The largest absolute Gasteiger partial charge is 0.236 e.